The van der Waals surface area contributed by atoms with E-state index in [1.54, 1.807) is 13.8 Å². The van der Waals surface area contributed by atoms with E-state index in [2.05, 4.69) is 15.3 Å². The Hall–Kier alpha value is -2.79. The Labute approximate surface area is 180 Å². The van der Waals surface area contributed by atoms with Crippen molar-refractivity contribution in [2.45, 2.75) is 38.8 Å². The summed E-state index contributed by atoms with van der Waals surface area (Å²) in [6, 6.07) is 3.70. The molecule has 3 N–H and O–H groups in total. The number of nitrogens with two attached hydrogens (primary N) is 1. The van der Waals surface area contributed by atoms with Crippen molar-refractivity contribution in [2.24, 2.45) is 0 Å². The first-order valence-electron chi connectivity index (χ1n) is 9.89. The van der Waals surface area contributed by atoms with Gasteiger partial charge < -0.3 is 15.8 Å². The van der Waals surface area contributed by atoms with Gasteiger partial charge in [-0.25, -0.2) is 22.1 Å². The van der Waals surface area contributed by atoms with Gasteiger partial charge in [-0.2, -0.15) is 4.98 Å². The van der Waals surface area contributed by atoms with Crippen molar-refractivity contribution in [1.29, 1.82) is 0 Å². The predicted molar refractivity (Wildman–Crippen MR) is 115 cm³/mol. The molecule has 0 amide bonds. The van der Waals surface area contributed by atoms with Crippen LogP contribution in [0.3, 0.4) is 0 Å². The summed E-state index contributed by atoms with van der Waals surface area (Å²) in [5.74, 6) is -0.667. The van der Waals surface area contributed by atoms with Gasteiger partial charge in [0.25, 0.3) is 0 Å². The molecule has 0 saturated carbocycles. The van der Waals surface area contributed by atoms with Crippen LogP contribution in [0.4, 0.5) is 16.2 Å². The molecule has 1 fully saturated rings. The number of ether oxygens (including phenoxy) is 1. The Morgan fingerprint density at radius 1 is 1.29 bits per heavy atom. The summed E-state index contributed by atoms with van der Waals surface area (Å²) >= 11 is 0. The number of carbonyl (C=O) groups excluding carboxylic acids is 1. The van der Waals surface area contributed by atoms with Crippen LogP contribution < -0.4 is 15.8 Å². The molecule has 1 aliphatic heterocycles. The van der Waals surface area contributed by atoms with Crippen molar-refractivity contribution in [1.82, 2.24) is 14.3 Å². The fourth-order valence-electron chi connectivity index (χ4n) is 3.34. The monoisotopic (exact) mass is 451 g/mol. The van der Waals surface area contributed by atoms with Crippen LogP contribution in [0.2, 0.25) is 0 Å². The molecule has 3 rings (SSSR count). The van der Waals surface area contributed by atoms with Gasteiger partial charge in [0.1, 0.15) is 17.4 Å². The number of sulfonamides is 1. The Balaban J connectivity index is 1.74. The average Bonchev–Trinajstić information content (AvgIpc) is 2.68. The second kappa shape index (κ2) is 9.15. The van der Waals surface area contributed by atoms with Gasteiger partial charge in [-0.3, -0.25) is 4.79 Å². The molecule has 0 unspecified atom stereocenters. The zero-order valence-corrected chi connectivity index (χ0v) is 18.4. The Morgan fingerprint density at radius 3 is 2.55 bits per heavy atom. The van der Waals surface area contributed by atoms with Gasteiger partial charge in [-0.15, -0.1) is 0 Å². The van der Waals surface area contributed by atoms with Crippen LogP contribution in [-0.2, 0) is 10.0 Å². The molecule has 0 atom stereocenters. The second-order valence-electron chi connectivity index (χ2n) is 7.71. The molecule has 0 spiro atoms. The topological polar surface area (TPSA) is 128 Å². The van der Waals surface area contributed by atoms with Crippen molar-refractivity contribution in [2.75, 3.05) is 30.4 Å². The summed E-state index contributed by atoms with van der Waals surface area (Å²) in [4.78, 5) is 21.3. The van der Waals surface area contributed by atoms with Crippen LogP contribution in [0.5, 0.6) is 5.75 Å². The minimum absolute atomic E-state index is 0.0202. The van der Waals surface area contributed by atoms with E-state index in [0.717, 1.165) is 6.07 Å². The number of halogens is 1. The van der Waals surface area contributed by atoms with Crippen molar-refractivity contribution >= 4 is 27.6 Å². The number of carbonyl (C=O) groups is 1. The van der Waals surface area contributed by atoms with Gasteiger partial charge >= 0.3 is 0 Å². The summed E-state index contributed by atoms with van der Waals surface area (Å²) in [5, 5.41) is 3.13. The number of anilines is 2. The number of nitrogens with one attached hydrogen (secondary N) is 1. The molecular weight excluding hydrogens is 425 g/mol. The summed E-state index contributed by atoms with van der Waals surface area (Å²) < 4.78 is 44.0. The zero-order valence-electron chi connectivity index (χ0n) is 17.6. The molecular formula is C20H26FN5O4S. The zero-order chi connectivity index (χ0) is 22.8. The number of aromatic nitrogens is 2. The number of hydrogen-bond donors (Lipinski definition) is 2. The minimum Gasteiger partial charge on any atom is -0.490 e. The Morgan fingerprint density at radius 2 is 1.97 bits per heavy atom. The molecule has 0 bridgehead atoms. The third kappa shape index (κ3) is 5.67. The van der Waals surface area contributed by atoms with Crippen LogP contribution in [0, 0.1) is 5.82 Å². The van der Waals surface area contributed by atoms with E-state index in [-0.39, 0.29) is 40.8 Å². The number of nitrogens with zero attached hydrogens (tertiary/aromatic N) is 3. The van der Waals surface area contributed by atoms with Crippen molar-refractivity contribution in [3.63, 3.8) is 0 Å². The number of nitrogen functional groups attached to an aromatic ring is 1. The second-order valence-corrected chi connectivity index (χ2v) is 9.69. The lowest BCUT2D eigenvalue weighted by Crippen LogP contribution is -2.42. The van der Waals surface area contributed by atoms with Crippen LogP contribution in [0.1, 0.15) is 42.6 Å². The van der Waals surface area contributed by atoms with E-state index in [4.69, 9.17) is 10.5 Å². The van der Waals surface area contributed by atoms with Gasteiger partial charge in [0.05, 0.1) is 23.5 Å². The smallest absolute Gasteiger partial charge is 0.224 e. The predicted octanol–water partition coefficient (Wildman–Crippen LogP) is 2.05. The molecule has 0 aliphatic carbocycles. The molecule has 1 aromatic carbocycles. The highest BCUT2D eigenvalue weighted by Crippen LogP contribution is 2.26. The molecule has 1 aromatic heterocycles. The lowest BCUT2D eigenvalue weighted by molar-refractivity contribution is 0.103. The summed E-state index contributed by atoms with van der Waals surface area (Å²) in [6.45, 7) is 4.41. The highest BCUT2D eigenvalue weighted by molar-refractivity contribution is 7.88. The standard InChI is InChI=1S/C20H26FN5O4S/c1-12(2)30-17-5-4-13(21)10-15(17)18(27)16-11-23-20(25-19(16)22)24-14-6-8-26(9-7-14)31(3,28)29/h4-5,10-12,14H,6-9H2,1-3H3,(H3,22,23,24,25). The average molecular weight is 452 g/mol. The molecule has 31 heavy (non-hydrogen) atoms. The molecule has 1 aliphatic rings. The van der Waals surface area contributed by atoms with Gasteiger partial charge in [0.2, 0.25) is 21.8 Å². The lowest BCUT2D eigenvalue weighted by atomic mass is 10.0. The largest absolute Gasteiger partial charge is 0.490 e. The molecule has 2 aromatic rings. The van der Waals surface area contributed by atoms with E-state index in [0.29, 0.717) is 25.9 Å². The van der Waals surface area contributed by atoms with Gasteiger partial charge in [-0.05, 0) is 44.9 Å². The fourth-order valence-corrected chi connectivity index (χ4v) is 4.21. The van der Waals surface area contributed by atoms with E-state index in [1.165, 1.54) is 28.9 Å². The van der Waals surface area contributed by atoms with Crippen LogP contribution in [0.15, 0.2) is 24.4 Å². The Bertz CT molecular complexity index is 1070. The highest BCUT2D eigenvalue weighted by Gasteiger charge is 2.26. The SMILES string of the molecule is CC(C)Oc1ccc(F)cc1C(=O)c1cnc(NC2CCN(S(C)(=O)=O)CC2)nc1N. The fraction of sp³-hybridized carbons (Fsp3) is 0.450. The van der Waals surface area contributed by atoms with Gasteiger partial charge in [0.15, 0.2) is 0 Å². The Kier molecular flexibility index (Phi) is 6.75. The van der Waals surface area contributed by atoms with Crippen LogP contribution in [-0.4, -0.2) is 60.0 Å². The third-order valence-corrected chi connectivity index (χ3v) is 6.17. The van der Waals surface area contributed by atoms with Gasteiger partial charge in [-0.1, -0.05) is 0 Å². The van der Waals surface area contributed by atoms with Crippen LogP contribution >= 0.6 is 0 Å². The molecule has 9 nitrogen and oxygen atoms in total. The summed E-state index contributed by atoms with van der Waals surface area (Å²) in [5.41, 5.74) is 6.08. The van der Waals surface area contributed by atoms with E-state index in [1.807, 2.05) is 0 Å². The lowest BCUT2D eigenvalue weighted by Gasteiger charge is -2.30. The number of rotatable bonds is 7. The minimum atomic E-state index is -3.20. The van der Waals surface area contributed by atoms with E-state index < -0.39 is 21.6 Å². The first-order valence-corrected chi connectivity index (χ1v) is 11.7. The van der Waals surface area contributed by atoms with Crippen molar-refractivity contribution in [3.05, 3.63) is 41.3 Å². The van der Waals surface area contributed by atoms with Crippen molar-refractivity contribution < 1.29 is 22.3 Å². The number of piperidine rings is 1. The number of hydrogen-bond acceptors (Lipinski definition) is 8. The molecule has 2 heterocycles. The maximum absolute atomic E-state index is 13.8. The molecule has 168 valence electrons. The maximum atomic E-state index is 13.8. The van der Waals surface area contributed by atoms with E-state index in [9.17, 15) is 17.6 Å². The normalized spacial score (nSPS) is 15.8. The van der Waals surface area contributed by atoms with Crippen LogP contribution in [0.25, 0.3) is 0 Å². The quantitative estimate of drug-likeness (QED) is 0.612. The molecule has 1 saturated heterocycles. The maximum Gasteiger partial charge on any atom is 0.224 e. The summed E-state index contributed by atoms with van der Waals surface area (Å²) in [6.07, 6.45) is 3.47. The van der Waals surface area contributed by atoms with Gasteiger partial charge in [0, 0.05) is 25.3 Å². The number of benzene rings is 1. The third-order valence-electron chi connectivity index (χ3n) is 4.87. The summed E-state index contributed by atoms with van der Waals surface area (Å²) in [7, 11) is -3.20. The molecule has 11 heteroatoms. The van der Waals surface area contributed by atoms with Crippen molar-refractivity contribution in [3.8, 4) is 5.75 Å². The number of ketones is 1. The first-order chi connectivity index (χ1) is 14.5. The first kappa shape index (κ1) is 22.9. The van der Waals surface area contributed by atoms with E-state index >= 15 is 0 Å². The highest BCUT2D eigenvalue weighted by atomic mass is 32.2. The molecule has 0 radical (unpaired) electrons.